The van der Waals surface area contributed by atoms with Crippen LogP contribution in [0.25, 0.3) is 0 Å². The average Bonchev–Trinajstić information content (AvgIpc) is 2.70. The molecule has 142 valence electrons. The van der Waals surface area contributed by atoms with Gasteiger partial charge in [-0.3, -0.25) is 9.59 Å². The molecule has 1 amide bonds. The highest BCUT2D eigenvalue weighted by Gasteiger charge is 2.09. The summed E-state index contributed by atoms with van der Waals surface area (Å²) in [6.07, 6.45) is 0. The number of benzene rings is 3. The van der Waals surface area contributed by atoms with E-state index < -0.39 is 0 Å². The molecule has 28 heavy (non-hydrogen) atoms. The van der Waals surface area contributed by atoms with E-state index in [0.29, 0.717) is 22.0 Å². The topological polar surface area (TPSA) is 55.4 Å². The number of ether oxygens (including phenoxy) is 1. The summed E-state index contributed by atoms with van der Waals surface area (Å²) in [5.74, 6) is 0.145. The van der Waals surface area contributed by atoms with Gasteiger partial charge in [-0.15, -0.1) is 0 Å². The Balaban J connectivity index is 1.63. The monoisotopic (exact) mass is 411 g/mol. The van der Waals surface area contributed by atoms with Gasteiger partial charge in [0.05, 0.1) is 5.69 Å². The molecule has 6 heteroatoms. The molecule has 0 heterocycles. The Hall–Kier alpha value is -2.76. The van der Waals surface area contributed by atoms with Crippen LogP contribution in [0.2, 0.25) is 5.02 Å². The van der Waals surface area contributed by atoms with Crippen LogP contribution in [0.1, 0.15) is 17.3 Å². The van der Waals surface area contributed by atoms with Crippen LogP contribution in [-0.2, 0) is 4.79 Å². The third-order valence-electron chi connectivity index (χ3n) is 3.81. The van der Waals surface area contributed by atoms with Crippen molar-refractivity contribution in [3.63, 3.8) is 0 Å². The molecule has 4 nitrogen and oxygen atoms in total. The number of para-hydroxylation sites is 1. The predicted molar refractivity (Wildman–Crippen MR) is 113 cm³/mol. The lowest BCUT2D eigenvalue weighted by atomic mass is 10.1. The normalized spacial score (nSPS) is 10.4. The number of anilines is 1. The fourth-order valence-corrected chi connectivity index (χ4v) is 3.46. The molecule has 0 radical (unpaired) electrons. The van der Waals surface area contributed by atoms with Crippen LogP contribution in [0.5, 0.6) is 5.75 Å². The summed E-state index contributed by atoms with van der Waals surface area (Å²) < 4.78 is 5.52. The van der Waals surface area contributed by atoms with E-state index in [1.54, 1.807) is 24.3 Å². The summed E-state index contributed by atoms with van der Waals surface area (Å²) in [4.78, 5) is 25.7. The average molecular weight is 412 g/mol. The van der Waals surface area contributed by atoms with E-state index in [1.807, 2.05) is 48.5 Å². The van der Waals surface area contributed by atoms with E-state index in [0.717, 1.165) is 9.79 Å². The zero-order valence-electron chi connectivity index (χ0n) is 15.1. The number of carbonyl (C=O) groups is 2. The zero-order valence-corrected chi connectivity index (χ0v) is 16.7. The summed E-state index contributed by atoms with van der Waals surface area (Å²) in [6.45, 7) is 1.34. The largest absolute Gasteiger partial charge is 0.484 e. The molecule has 0 bridgehead atoms. The first-order valence-electron chi connectivity index (χ1n) is 8.57. The van der Waals surface area contributed by atoms with Crippen molar-refractivity contribution in [2.75, 3.05) is 11.9 Å². The number of rotatable bonds is 7. The first kappa shape index (κ1) is 20.0. The van der Waals surface area contributed by atoms with Crippen molar-refractivity contribution in [3.05, 3.63) is 83.4 Å². The Kier molecular flexibility index (Phi) is 6.74. The van der Waals surface area contributed by atoms with Crippen molar-refractivity contribution >= 4 is 40.7 Å². The van der Waals surface area contributed by atoms with Crippen molar-refractivity contribution in [2.45, 2.75) is 16.7 Å². The van der Waals surface area contributed by atoms with Crippen molar-refractivity contribution in [3.8, 4) is 5.75 Å². The number of hydrogen-bond acceptors (Lipinski definition) is 4. The third-order valence-corrected chi connectivity index (χ3v) is 5.15. The first-order chi connectivity index (χ1) is 13.5. The predicted octanol–water partition coefficient (Wildman–Crippen LogP) is 5.71. The quantitative estimate of drug-likeness (QED) is 0.506. The van der Waals surface area contributed by atoms with Crippen LogP contribution in [0.3, 0.4) is 0 Å². The summed E-state index contributed by atoms with van der Waals surface area (Å²) >= 11 is 7.46. The number of carbonyl (C=O) groups excluding carboxylic acids is 2. The van der Waals surface area contributed by atoms with Crippen LogP contribution in [0.15, 0.2) is 82.6 Å². The molecule has 3 aromatic carbocycles. The maximum absolute atomic E-state index is 12.3. The van der Waals surface area contributed by atoms with Crippen LogP contribution in [-0.4, -0.2) is 18.3 Å². The van der Waals surface area contributed by atoms with Gasteiger partial charge in [-0.05, 0) is 55.5 Å². The third kappa shape index (κ3) is 5.62. The Bertz CT molecular complexity index is 989. The van der Waals surface area contributed by atoms with Gasteiger partial charge in [0.1, 0.15) is 5.75 Å². The molecular weight excluding hydrogens is 394 g/mol. The van der Waals surface area contributed by atoms with Crippen LogP contribution in [0.4, 0.5) is 5.69 Å². The van der Waals surface area contributed by atoms with Gasteiger partial charge < -0.3 is 10.1 Å². The fraction of sp³-hybridized carbons (Fsp3) is 0.0909. The van der Waals surface area contributed by atoms with E-state index in [9.17, 15) is 9.59 Å². The van der Waals surface area contributed by atoms with Crippen LogP contribution in [0, 0.1) is 0 Å². The van der Waals surface area contributed by atoms with Gasteiger partial charge >= 0.3 is 0 Å². The Morgan fingerprint density at radius 1 is 1.00 bits per heavy atom. The fourth-order valence-electron chi connectivity index (χ4n) is 2.43. The van der Waals surface area contributed by atoms with E-state index in [2.05, 4.69) is 5.32 Å². The summed E-state index contributed by atoms with van der Waals surface area (Å²) in [6, 6.07) is 21.8. The second-order valence-corrected chi connectivity index (χ2v) is 7.52. The second kappa shape index (κ2) is 9.44. The number of halogens is 1. The molecule has 0 spiro atoms. The maximum atomic E-state index is 12.3. The summed E-state index contributed by atoms with van der Waals surface area (Å²) in [5.41, 5.74) is 1.25. The number of nitrogens with one attached hydrogen (secondary N) is 1. The van der Waals surface area contributed by atoms with Crippen molar-refractivity contribution in [1.82, 2.24) is 0 Å². The minimum atomic E-state index is -0.280. The molecule has 3 rings (SSSR count). The lowest BCUT2D eigenvalue weighted by Gasteiger charge is -2.12. The molecule has 0 atom stereocenters. The minimum absolute atomic E-state index is 0.0527. The van der Waals surface area contributed by atoms with Gasteiger partial charge in [-0.1, -0.05) is 47.6 Å². The Labute approximate surface area is 172 Å². The Morgan fingerprint density at radius 2 is 1.75 bits per heavy atom. The van der Waals surface area contributed by atoms with Gasteiger partial charge in [-0.2, -0.15) is 0 Å². The minimum Gasteiger partial charge on any atom is -0.484 e. The van der Waals surface area contributed by atoms with Gasteiger partial charge in [0, 0.05) is 20.4 Å². The molecule has 3 aromatic rings. The number of Topliss-reactive ketones (excluding diaryl/α,β-unsaturated/α-hetero) is 1. The van der Waals surface area contributed by atoms with Crippen molar-refractivity contribution < 1.29 is 14.3 Å². The second-order valence-electron chi connectivity index (χ2n) is 5.97. The van der Waals surface area contributed by atoms with E-state index in [4.69, 9.17) is 16.3 Å². The van der Waals surface area contributed by atoms with Crippen LogP contribution >= 0.6 is 23.4 Å². The smallest absolute Gasteiger partial charge is 0.262 e. The van der Waals surface area contributed by atoms with Crippen molar-refractivity contribution in [2.24, 2.45) is 0 Å². The number of ketones is 1. The molecule has 0 saturated carbocycles. The van der Waals surface area contributed by atoms with Gasteiger partial charge in [0.25, 0.3) is 5.91 Å². The molecule has 0 saturated heterocycles. The molecule has 0 aliphatic heterocycles. The highest BCUT2D eigenvalue weighted by atomic mass is 35.5. The maximum Gasteiger partial charge on any atom is 0.262 e. The summed E-state index contributed by atoms with van der Waals surface area (Å²) in [5, 5.41) is 3.55. The SMILES string of the molecule is CC(=O)c1cccc(OCC(=O)Nc2ccccc2Sc2ccc(Cl)cc2)c1. The summed E-state index contributed by atoms with van der Waals surface area (Å²) in [7, 11) is 0. The molecule has 0 fully saturated rings. The first-order valence-corrected chi connectivity index (χ1v) is 9.77. The Morgan fingerprint density at radius 3 is 2.50 bits per heavy atom. The molecule has 0 unspecified atom stereocenters. The number of amides is 1. The van der Waals surface area contributed by atoms with Crippen LogP contribution < -0.4 is 10.1 Å². The van der Waals surface area contributed by atoms with Gasteiger partial charge in [-0.25, -0.2) is 0 Å². The molecule has 1 N–H and O–H groups in total. The molecular formula is C22H18ClNO3S. The molecule has 0 aliphatic carbocycles. The molecule has 0 aromatic heterocycles. The highest BCUT2D eigenvalue weighted by Crippen LogP contribution is 2.33. The lowest BCUT2D eigenvalue weighted by molar-refractivity contribution is -0.118. The van der Waals surface area contributed by atoms with E-state index in [-0.39, 0.29) is 18.3 Å². The number of hydrogen-bond donors (Lipinski definition) is 1. The van der Waals surface area contributed by atoms with Gasteiger partial charge in [0.15, 0.2) is 12.4 Å². The van der Waals surface area contributed by atoms with Gasteiger partial charge in [0.2, 0.25) is 0 Å². The van der Waals surface area contributed by atoms with E-state index in [1.165, 1.54) is 18.7 Å². The standard InChI is InChI=1S/C22H18ClNO3S/c1-15(25)16-5-4-6-18(13-16)27-14-22(26)24-20-7-2-3-8-21(20)28-19-11-9-17(23)10-12-19/h2-13H,14H2,1H3,(H,24,26). The highest BCUT2D eigenvalue weighted by molar-refractivity contribution is 7.99. The molecule has 0 aliphatic rings. The van der Waals surface area contributed by atoms with E-state index >= 15 is 0 Å². The van der Waals surface area contributed by atoms with Crippen molar-refractivity contribution in [1.29, 1.82) is 0 Å². The lowest BCUT2D eigenvalue weighted by Crippen LogP contribution is -2.20. The zero-order chi connectivity index (χ0) is 19.9.